The van der Waals surface area contributed by atoms with Crippen LogP contribution >= 0.6 is 0 Å². The van der Waals surface area contributed by atoms with E-state index in [2.05, 4.69) is 5.32 Å². The first kappa shape index (κ1) is 27.2. The zero-order valence-electron chi connectivity index (χ0n) is 20.5. The molecule has 2 saturated heterocycles. The Labute approximate surface area is 217 Å². The molecule has 0 radical (unpaired) electrons. The summed E-state index contributed by atoms with van der Waals surface area (Å²) >= 11 is 0. The SMILES string of the molecule is O=C(COC(=O)c1ccc(S(=O)(=O)N2CCCCC2)cc1)Nc1cccc(S(=O)(=O)N2CCCCC2)c1. The first-order valence-corrected chi connectivity index (χ1v) is 15.2. The molecule has 12 heteroatoms. The van der Waals surface area contributed by atoms with Crippen molar-refractivity contribution in [1.82, 2.24) is 8.61 Å². The molecule has 2 aromatic rings. The monoisotopic (exact) mass is 549 g/mol. The van der Waals surface area contributed by atoms with Crippen molar-refractivity contribution in [2.45, 2.75) is 48.3 Å². The van der Waals surface area contributed by atoms with Gasteiger partial charge in [0, 0.05) is 31.9 Å². The molecule has 37 heavy (non-hydrogen) atoms. The lowest BCUT2D eigenvalue weighted by atomic mass is 10.2. The number of piperidine rings is 2. The molecule has 10 nitrogen and oxygen atoms in total. The van der Waals surface area contributed by atoms with Crippen molar-refractivity contribution in [1.29, 1.82) is 0 Å². The molecule has 0 saturated carbocycles. The lowest BCUT2D eigenvalue weighted by Gasteiger charge is -2.26. The molecule has 4 rings (SSSR count). The van der Waals surface area contributed by atoms with Crippen LogP contribution in [0.3, 0.4) is 0 Å². The molecule has 2 aromatic carbocycles. The molecule has 0 aromatic heterocycles. The second-order valence-electron chi connectivity index (χ2n) is 9.11. The van der Waals surface area contributed by atoms with Gasteiger partial charge in [0.2, 0.25) is 20.0 Å². The largest absolute Gasteiger partial charge is 0.452 e. The van der Waals surface area contributed by atoms with Gasteiger partial charge in [0.25, 0.3) is 5.91 Å². The van der Waals surface area contributed by atoms with Gasteiger partial charge in [0.15, 0.2) is 6.61 Å². The number of carbonyl (C=O) groups is 2. The molecule has 0 unspecified atom stereocenters. The molecule has 2 aliphatic heterocycles. The van der Waals surface area contributed by atoms with Gasteiger partial charge >= 0.3 is 5.97 Å². The number of nitrogens with one attached hydrogen (secondary N) is 1. The molecule has 2 aliphatic rings. The number of carbonyl (C=O) groups excluding carboxylic acids is 2. The number of sulfonamides is 2. The van der Waals surface area contributed by atoms with Crippen molar-refractivity contribution in [2.24, 2.45) is 0 Å². The van der Waals surface area contributed by atoms with E-state index in [9.17, 15) is 26.4 Å². The summed E-state index contributed by atoms with van der Waals surface area (Å²) in [4.78, 5) is 24.9. The van der Waals surface area contributed by atoms with Gasteiger partial charge in [-0.3, -0.25) is 4.79 Å². The van der Waals surface area contributed by atoms with Crippen LogP contribution in [0.4, 0.5) is 5.69 Å². The molecule has 0 spiro atoms. The third kappa shape index (κ3) is 6.56. The Balaban J connectivity index is 1.32. The summed E-state index contributed by atoms with van der Waals surface area (Å²) in [6.45, 7) is 1.32. The molecule has 2 heterocycles. The summed E-state index contributed by atoms with van der Waals surface area (Å²) in [7, 11) is -7.27. The number of rotatable bonds is 8. The van der Waals surface area contributed by atoms with E-state index in [0.717, 1.165) is 38.5 Å². The van der Waals surface area contributed by atoms with Crippen LogP contribution in [0.5, 0.6) is 0 Å². The first-order chi connectivity index (χ1) is 17.7. The lowest BCUT2D eigenvalue weighted by molar-refractivity contribution is -0.119. The van der Waals surface area contributed by atoms with Crippen molar-refractivity contribution in [3.63, 3.8) is 0 Å². The molecule has 200 valence electrons. The predicted octanol–water partition coefficient (Wildman–Crippen LogP) is 2.83. The maximum atomic E-state index is 12.9. The van der Waals surface area contributed by atoms with E-state index in [1.807, 2.05) is 0 Å². The second-order valence-corrected chi connectivity index (χ2v) is 13.0. The molecule has 2 fully saturated rings. The summed E-state index contributed by atoms with van der Waals surface area (Å²) in [6, 6.07) is 11.4. The minimum absolute atomic E-state index is 0.0868. The average Bonchev–Trinajstić information content (AvgIpc) is 2.93. The van der Waals surface area contributed by atoms with Crippen LogP contribution in [-0.2, 0) is 29.6 Å². The first-order valence-electron chi connectivity index (χ1n) is 12.4. The Bertz CT molecular complexity index is 1330. The van der Waals surface area contributed by atoms with E-state index in [4.69, 9.17) is 4.74 Å². The number of hydrogen-bond acceptors (Lipinski definition) is 7. The summed E-state index contributed by atoms with van der Waals surface area (Å²) in [6.07, 6.45) is 5.29. The van der Waals surface area contributed by atoms with Crippen LogP contribution in [0.2, 0.25) is 0 Å². The fourth-order valence-corrected chi connectivity index (χ4v) is 7.50. The standard InChI is InChI=1S/C25H31N3O7S2/c29-24(26-21-8-7-9-23(18-21)37(33,34)28-16-5-2-6-17-28)19-35-25(30)20-10-12-22(13-11-20)36(31,32)27-14-3-1-4-15-27/h7-13,18H,1-6,14-17,19H2,(H,26,29). The second kappa shape index (κ2) is 11.7. The van der Waals surface area contributed by atoms with Crippen molar-refractivity contribution >= 4 is 37.6 Å². The van der Waals surface area contributed by atoms with Gasteiger partial charge in [-0.2, -0.15) is 8.61 Å². The topological polar surface area (TPSA) is 130 Å². The van der Waals surface area contributed by atoms with Gasteiger partial charge in [-0.25, -0.2) is 21.6 Å². The summed E-state index contributed by atoms with van der Waals surface area (Å²) < 4.78 is 59.2. The highest BCUT2D eigenvalue weighted by molar-refractivity contribution is 7.89. The number of hydrogen-bond donors (Lipinski definition) is 1. The number of benzene rings is 2. The predicted molar refractivity (Wildman–Crippen MR) is 137 cm³/mol. The quantitative estimate of drug-likeness (QED) is 0.501. The number of anilines is 1. The smallest absolute Gasteiger partial charge is 0.338 e. The summed E-state index contributed by atoms with van der Waals surface area (Å²) in [5, 5.41) is 2.55. The molecule has 0 aliphatic carbocycles. The Morgan fingerprint density at radius 3 is 1.84 bits per heavy atom. The fraction of sp³-hybridized carbons (Fsp3) is 0.440. The van der Waals surface area contributed by atoms with Crippen LogP contribution in [0, 0.1) is 0 Å². The van der Waals surface area contributed by atoms with Crippen molar-refractivity contribution in [2.75, 3.05) is 38.1 Å². The van der Waals surface area contributed by atoms with Crippen LogP contribution in [0.25, 0.3) is 0 Å². The van der Waals surface area contributed by atoms with Gasteiger partial charge in [-0.05, 0) is 68.1 Å². The van der Waals surface area contributed by atoms with Gasteiger partial charge in [-0.15, -0.1) is 0 Å². The van der Waals surface area contributed by atoms with Crippen LogP contribution in [0.15, 0.2) is 58.3 Å². The van der Waals surface area contributed by atoms with Crippen molar-refractivity contribution in [3.05, 3.63) is 54.1 Å². The third-order valence-electron chi connectivity index (χ3n) is 6.45. The Hall–Kier alpha value is -2.80. The minimum atomic E-state index is -3.65. The highest BCUT2D eigenvalue weighted by Crippen LogP contribution is 2.23. The van der Waals surface area contributed by atoms with Gasteiger partial charge in [0.1, 0.15) is 0 Å². The van der Waals surface area contributed by atoms with E-state index in [1.165, 1.54) is 51.1 Å². The van der Waals surface area contributed by atoms with Gasteiger partial charge in [-0.1, -0.05) is 18.9 Å². The Kier molecular flexibility index (Phi) is 8.63. The molecule has 0 bridgehead atoms. The molecule has 0 atom stereocenters. The zero-order valence-corrected chi connectivity index (χ0v) is 22.1. The van der Waals surface area contributed by atoms with Crippen LogP contribution in [-0.4, -0.2) is 70.1 Å². The number of amides is 1. The van der Waals surface area contributed by atoms with Crippen LogP contribution < -0.4 is 5.32 Å². The molecule has 1 amide bonds. The highest BCUT2D eigenvalue weighted by Gasteiger charge is 2.27. The number of esters is 1. The van der Waals surface area contributed by atoms with Gasteiger partial charge < -0.3 is 10.1 Å². The fourth-order valence-electron chi connectivity index (χ4n) is 4.42. The van der Waals surface area contributed by atoms with E-state index in [-0.39, 0.29) is 21.0 Å². The Morgan fingerprint density at radius 1 is 0.730 bits per heavy atom. The molecular weight excluding hydrogens is 518 g/mol. The van der Waals surface area contributed by atoms with Gasteiger partial charge in [0.05, 0.1) is 15.4 Å². The number of nitrogens with zero attached hydrogens (tertiary/aromatic N) is 2. The maximum Gasteiger partial charge on any atom is 0.338 e. The third-order valence-corrected chi connectivity index (χ3v) is 10.3. The lowest BCUT2D eigenvalue weighted by Crippen LogP contribution is -2.35. The number of ether oxygens (including phenoxy) is 1. The van der Waals surface area contributed by atoms with Crippen molar-refractivity contribution in [3.8, 4) is 0 Å². The summed E-state index contributed by atoms with van der Waals surface area (Å²) in [5.41, 5.74) is 0.381. The zero-order chi connectivity index (χ0) is 26.5. The highest BCUT2D eigenvalue weighted by atomic mass is 32.2. The maximum absolute atomic E-state index is 12.9. The minimum Gasteiger partial charge on any atom is -0.452 e. The van der Waals surface area contributed by atoms with E-state index in [1.54, 1.807) is 6.07 Å². The van der Waals surface area contributed by atoms with E-state index < -0.39 is 38.5 Å². The average molecular weight is 550 g/mol. The Morgan fingerprint density at radius 2 is 1.27 bits per heavy atom. The molecular formula is C25H31N3O7S2. The normalized spacial score (nSPS) is 17.7. The van der Waals surface area contributed by atoms with E-state index >= 15 is 0 Å². The van der Waals surface area contributed by atoms with Crippen molar-refractivity contribution < 1.29 is 31.2 Å². The molecule has 1 N–H and O–H groups in total. The van der Waals surface area contributed by atoms with Crippen LogP contribution in [0.1, 0.15) is 48.9 Å². The van der Waals surface area contributed by atoms with E-state index in [0.29, 0.717) is 26.2 Å². The summed E-state index contributed by atoms with van der Waals surface area (Å²) in [5.74, 6) is -1.41.